The molecule has 0 bridgehead atoms. The maximum atomic E-state index is 12.1. The number of hydrogen-bond donors (Lipinski definition) is 2. The number of aromatic nitrogens is 2. The largest absolute Gasteiger partial charge is 0.351 e. The van der Waals surface area contributed by atoms with Crippen LogP contribution in [0.25, 0.3) is 0 Å². The predicted molar refractivity (Wildman–Crippen MR) is 81.1 cm³/mol. The summed E-state index contributed by atoms with van der Waals surface area (Å²) in [4.78, 5) is 16.1. The fourth-order valence-electron chi connectivity index (χ4n) is 2.11. The molecule has 5 heteroatoms. The first-order valence-corrected chi connectivity index (χ1v) is 7.33. The number of carbonyl (C=O) groups is 1. The minimum Gasteiger partial charge on any atom is -0.351 e. The highest BCUT2D eigenvalue weighted by molar-refractivity contribution is 5.76. The Labute approximate surface area is 122 Å². The van der Waals surface area contributed by atoms with Gasteiger partial charge in [0.15, 0.2) is 0 Å². The zero-order valence-corrected chi connectivity index (χ0v) is 13.1. The lowest BCUT2D eigenvalue weighted by Gasteiger charge is -2.32. The van der Waals surface area contributed by atoms with Crippen LogP contribution in [0.4, 0.5) is 0 Å². The molecule has 1 amide bonds. The average Bonchev–Trinajstić information content (AvgIpc) is 2.79. The third-order valence-electron chi connectivity index (χ3n) is 3.44. The molecule has 2 unspecified atom stereocenters. The van der Waals surface area contributed by atoms with E-state index in [0.717, 1.165) is 19.4 Å². The van der Waals surface area contributed by atoms with Crippen LogP contribution in [0.15, 0.2) is 18.7 Å². The standard InChI is InChI=1S/C15H28N4O/c1-5-6-12(16)9-14(20)18-13(15(2,3)4)10-19-8-7-17-11-19/h7-8,11-13H,5-6,9-10,16H2,1-4H3,(H,18,20). The molecule has 0 aliphatic rings. The Kier molecular flexibility index (Phi) is 6.20. The van der Waals surface area contributed by atoms with Crippen molar-refractivity contribution in [1.29, 1.82) is 0 Å². The molecule has 114 valence electrons. The highest BCUT2D eigenvalue weighted by Gasteiger charge is 2.26. The van der Waals surface area contributed by atoms with Gasteiger partial charge in [0, 0.05) is 31.4 Å². The van der Waals surface area contributed by atoms with Crippen molar-refractivity contribution in [3.05, 3.63) is 18.7 Å². The Morgan fingerprint density at radius 2 is 2.15 bits per heavy atom. The molecule has 5 nitrogen and oxygen atoms in total. The summed E-state index contributed by atoms with van der Waals surface area (Å²) in [5.41, 5.74) is 5.91. The molecule has 0 aromatic carbocycles. The Balaban J connectivity index is 2.59. The number of imidazole rings is 1. The number of nitrogens with one attached hydrogen (secondary N) is 1. The normalized spacial score (nSPS) is 14.8. The van der Waals surface area contributed by atoms with E-state index in [1.54, 1.807) is 12.5 Å². The van der Waals surface area contributed by atoms with Crippen molar-refractivity contribution in [1.82, 2.24) is 14.9 Å². The Morgan fingerprint density at radius 3 is 2.65 bits per heavy atom. The molecule has 0 radical (unpaired) electrons. The second kappa shape index (κ2) is 7.43. The summed E-state index contributed by atoms with van der Waals surface area (Å²) in [6, 6.07) is 0.00638. The van der Waals surface area contributed by atoms with Crippen LogP contribution in [-0.4, -0.2) is 27.5 Å². The zero-order valence-electron chi connectivity index (χ0n) is 13.1. The number of amides is 1. The molecule has 0 saturated carbocycles. The van der Waals surface area contributed by atoms with Gasteiger partial charge in [0.25, 0.3) is 0 Å². The van der Waals surface area contributed by atoms with Gasteiger partial charge < -0.3 is 15.6 Å². The Hall–Kier alpha value is -1.36. The SMILES string of the molecule is CCCC(N)CC(=O)NC(Cn1ccnc1)C(C)(C)C. The summed E-state index contributed by atoms with van der Waals surface area (Å²) < 4.78 is 1.99. The van der Waals surface area contributed by atoms with Crippen molar-refractivity contribution in [3.63, 3.8) is 0 Å². The topological polar surface area (TPSA) is 72.9 Å². The van der Waals surface area contributed by atoms with Gasteiger partial charge in [-0.15, -0.1) is 0 Å². The molecule has 0 fully saturated rings. The van der Waals surface area contributed by atoms with Crippen LogP contribution in [0.3, 0.4) is 0 Å². The molecular weight excluding hydrogens is 252 g/mol. The Bertz CT molecular complexity index is 395. The van der Waals surface area contributed by atoms with Gasteiger partial charge in [-0.3, -0.25) is 4.79 Å². The monoisotopic (exact) mass is 280 g/mol. The number of rotatable bonds is 7. The van der Waals surface area contributed by atoms with Gasteiger partial charge in [-0.1, -0.05) is 34.1 Å². The van der Waals surface area contributed by atoms with Gasteiger partial charge in [0.1, 0.15) is 0 Å². The maximum absolute atomic E-state index is 12.1. The van der Waals surface area contributed by atoms with E-state index >= 15 is 0 Å². The van der Waals surface area contributed by atoms with E-state index in [9.17, 15) is 4.79 Å². The van der Waals surface area contributed by atoms with E-state index in [1.165, 1.54) is 0 Å². The molecule has 0 aliphatic carbocycles. The summed E-state index contributed by atoms with van der Waals surface area (Å²) in [6.07, 6.45) is 7.71. The van der Waals surface area contributed by atoms with E-state index < -0.39 is 0 Å². The van der Waals surface area contributed by atoms with Crippen LogP contribution < -0.4 is 11.1 Å². The fourth-order valence-corrected chi connectivity index (χ4v) is 2.11. The third-order valence-corrected chi connectivity index (χ3v) is 3.44. The summed E-state index contributed by atoms with van der Waals surface area (Å²) in [7, 11) is 0. The molecular formula is C15H28N4O. The molecule has 0 saturated heterocycles. The van der Waals surface area contributed by atoms with E-state index in [2.05, 4.69) is 38.0 Å². The van der Waals surface area contributed by atoms with Gasteiger partial charge in [-0.2, -0.15) is 0 Å². The van der Waals surface area contributed by atoms with E-state index in [1.807, 2.05) is 10.8 Å². The van der Waals surface area contributed by atoms with Crippen LogP contribution in [0, 0.1) is 5.41 Å². The molecule has 1 rings (SSSR count). The summed E-state index contributed by atoms with van der Waals surface area (Å²) in [5.74, 6) is 0.0333. The molecule has 1 aromatic rings. The molecule has 0 spiro atoms. The molecule has 20 heavy (non-hydrogen) atoms. The average molecular weight is 280 g/mol. The summed E-state index contributed by atoms with van der Waals surface area (Å²) in [5, 5.41) is 3.12. The van der Waals surface area contributed by atoms with Crippen molar-refractivity contribution >= 4 is 5.91 Å². The predicted octanol–water partition coefficient (Wildman–Crippen LogP) is 1.93. The highest BCUT2D eigenvalue weighted by atomic mass is 16.1. The number of nitrogens with zero attached hydrogens (tertiary/aromatic N) is 2. The van der Waals surface area contributed by atoms with Gasteiger partial charge in [-0.25, -0.2) is 4.98 Å². The number of carbonyl (C=O) groups excluding carboxylic acids is 1. The van der Waals surface area contributed by atoms with Crippen molar-refractivity contribution in [3.8, 4) is 0 Å². The maximum Gasteiger partial charge on any atom is 0.221 e. The minimum atomic E-state index is -0.0473. The molecule has 1 heterocycles. The van der Waals surface area contributed by atoms with Gasteiger partial charge in [0.05, 0.1) is 12.4 Å². The third kappa shape index (κ3) is 5.74. The number of nitrogens with two attached hydrogens (primary N) is 1. The van der Waals surface area contributed by atoms with Crippen LogP contribution in [0.1, 0.15) is 47.0 Å². The first-order valence-electron chi connectivity index (χ1n) is 7.33. The second-order valence-corrected chi connectivity index (χ2v) is 6.50. The molecule has 1 aromatic heterocycles. The van der Waals surface area contributed by atoms with Crippen molar-refractivity contribution < 1.29 is 4.79 Å². The lowest BCUT2D eigenvalue weighted by molar-refractivity contribution is -0.123. The van der Waals surface area contributed by atoms with Crippen molar-refractivity contribution in [2.75, 3.05) is 0 Å². The van der Waals surface area contributed by atoms with Crippen LogP contribution in [-0.2, 0) is 11.3 Å². The van der Waals surface area contributed by atoms with Gasteiger partial charge >= 0.3 is 0 Å². The quantitative estimate of drug-likeness (QED) is 0.801. The number of hydrogen-bond acceptors (Lipinski definition) is 3. The second-order valence-electron chi connectivity index (χ2n) is 6.50. The fraction of sp³-hybridized carbons (Fsp3) is 0.733. The van der Waals surface area contributed by atoms with Gasteiger partial charge in [0.2, 0.25) is 5.91 Å². The summed E-state index contributed by atoms with van der Waals surface area (Å²) >= 11 is 0. The molecule has 0 aliphatic heterocycles. The van der Waals surface area contributed by atoms with E-state index in [-0.39, 0.29) is 23.4 Å². The first kappa shape index (κ1) is 16.7. The van der Waals surface area contributed by atoms with Crippen LogP contribution in [0.2, 0.25) is 0 Å². The van der Waals surface area contributed by atoms with Crippen LogP contribution in [0.5, 0.6) is 0 Å². The summed E-state index contributed by atoms with van der Waals surface area (Å²) in [6.45, 7) is 9.18. The highest BCUT2D eigenvalue weighted by Crippen LogP contribution is 2.21. The van der Waals surface area contributed by atoms with Crippen molar-refractivity contribution in [2.45, 2.75) is 65.6 Å². The molecule has 3 N–H and O–H groups in total. The lowest BCUT2D eigenvalue weighted by Crippen LogP contribution is -2.47. The van der Waals surface area contributed by atoms with Crippen molar-refractivity contribution in [2.24, 2.45) is 11.1 Å². The van der Waals surface area contributed by atoms with Crippen LogP contribution >= 0.6 is 0 Å². The zero-order chi connectivity index (χ0) is 15.2. The molecule has 2 atom stereocenters. The lowest BCUT2D eigenvalue weighted by atomic mass is 9.86. The van der Waals surface area contributed by atoms with Gasteiger partial charge in [-0.05, 0) is 11.8 Å². The first-order chi connectivity index (χ1) is 9.32. The Morgan fingerprint density at radius 1 is 1.45 bits per heavy atom. The van der Waals surface area contributed by atoms with E-state index in [4.69, 9.17) is 5.73 Å². The minimum absolute atomic E-state index is 0.0191. The smallest absolute Gasteiger partial charge is 0.221 e. The van der Waals surface area contributed by atoms with E-state index in [0.29, 0.717) is 6.42 Å².